The van der Waals surface area contributed by atoms with Crippen molar-refractivity contribution in [3.05, 3.63) is 90.5 Å². The molecule has 3 aromatic rings. The van der Waals surface area contributed by atoms with Crippen LogP contribution in [0.4, 0.5) is 5.69 Å². The Morgan fingerprint density at radius 1 is 0.893 bits per heavy atom. The Morgan fingerprint density at radius 3 is 2.04 bits per heavy atom. The summed E-state index contributed by atoms with van der Waals surface area (Å²) in [6, 6.07) is 26.7. The molecule has 0 heterocycles. The van der Waals surface area contributed by atoms with Gasteiger partial charge in [0.15, 0.2) is 5.11 Å². The van der Waals surface area contributed by atoms with E-state index in [1.807, 2.05) is 104 Å². The number of likely N-dealkylation sites (N-methyl/N-ethyl adjacent to an activating group) is 1. The Balaban J connectivity index is 1.59. The van der Waals surface area contributed by atoms with Crippen LogP contribution in [0.2, 0.25) is 0 Å². The van der Waals surface area contributed by atoms with Gasteiger partial charge >= 0.3 is 0 Å². The molecule has 3 aromatic carbocycles. The lowest BCUT2D eigenvalue weighted by Gasteiger charge is -2.31. The van der Waals surface area contributed by atoms with Crippen molar-refractivity contribution in [3.8, 4) is 11.5 Å². The highest BCUT2D eigenvalue weighted by Gasteiger charge is 2.22. The van der Waals surface area contributed by atoms with E-state index in [-0.39, 0.29) is 6.04 Å². The topological polar surface area (TPSA) is 44.7 Å². The first-order valence-corrected chi connectivity index (χ1v) is 9.55. The van der Waals surface area contributed by atoms with E-state index in [0.717, 1.165) is 22.7 Å². The third kappa shape index (κ3) is 5.09. The van der Waals surface area contributed by atoms with Crippen molar-refractivity contribution in [3.63, 3.8) is 0 Å². The van der Waals surface area contributed by atoms with E-state index in [1.165, 1.54) is 0 Å². The second-order valence-electron chi connectivity index (χ2n) is 6.58. The highest BCUT2D eigenvalue weighted by Crippen LogP contribution is 2.24. The number of rotatable bonds is 6. The van der Waals surface area contributed by atoms with Crippen LogP contribution >= 0.6 is 12.2 Å². The van der Waals surface area contributed by atoms with Crippen LogP contribution in [-0.2, 0) is 0 Å². The molecule has 2 atom stereocenters. The standard InChI is InChI=1S/C23H24N2O2S/c1-17(22(26)18-9-5-3-6-10-18)25(2)23(28)24-19-13-15-21(16-14-19)27-20-11-7-4-8-12-20/h3-17,22,26H,1-2H3,(H,24,28)/t17-,22-/m1/s1. The van der Waals surface area contributed by atoms with Gasteiger partial charge in [-0.2, -0.15) is 0 Å². The van der Waals surface area contributed by atoms with Crippen molar-refractivity contribution in [1.29, 1.82) is 0 Å². The van der Waals surface area contributed by atoms with Gasteiger partial charge in [-0.25, -0.2) is 0 Å². The summed E-state index contributed by atoms with van der Waals surface area (Å²) in [5.41, 5.74) is 1.73. The van der Waals surface area contributed by atoms with Crippen molar-refractivity contribution in [2.24, 2.45) is 0 Å². The molecule has 5 heteroatoms. The molecule has 0 amide bonds. The second kappa shape index (κ2) is 9.35. The van der Waals surface area contributed by atoms with Gasteiger partial charge in [0.1, 0.15) is 11.5 Å². The van der Waals surface area contributed by atoms with E-state index < -0.39 is 6.10 Å². The van der Waals surface area contributed by atoms with E-state index in [1.54, 1.807) is 0 Å². The maximum absolute atomic E-state index is 10.6. The summed E-state index contributed by atoms with van der Waals surface area (Å²) in [4.78, 5) is 1.86. The van der Waals surface area contributed by atoms with Crippen molar-refractivity contribution in [2.75, 3.05) is 12.4 Å². The fourth-order valence-electron chi connectivity index (χ4n) is 2.77. The van der Waals surface area contributed by atoms with Gasteiger partial charge in [0.2, 0.25) is 0 Å². The fourth-order valence-corrected chi connectivity index (χ4v) is 3.05. The zero-order chi connectivity index (χ0) is 19.9. The summed E-state index contributed by atoms with van der Waals surface area (Å²) in [5, 5.41) is 14.4. The van der Waals surface area contributed by atoms with Crippen LogP contribution in [0.1, 0.15) is 18.6 Å². The Morgan fingerprint density at radius 2 is 1.43 bits per heavy atom. The zero-order valence-electron chi connectivity index (χ0n) is 15.9. The average molecular weight is 393 g/mol. The minimum atomic E-state index is -0.632. The fraction of sp³-hybridized carbons (Fsp3) is 0.174. The number of thiocarbonyl (C=S) groups is 1. The molecular weight excluding hydrogens is 368 g/mol. The van der Waals surface area contributed by atoms with Crippen LogP contribution in [0, 0.1) is 0 Å². The molecule has 0 aliphatic carbocycles. The van der Waals surface area contributed by atoms with Crippen molar-refractivity contribution in [2.45, 2.75) is 19.1 Å². The number of ether oxygens (including phenoxy) is 1. The largest absolute Gasteiger partial charge is 0.457 e. The molecular formula is C23H24N2O2S. The number of hydrogen-bond acceptors (Lipinski definition) is 3. The minimum Gasteiger partial charge on any atom is -0.457 e. The van der Waals surface area contributed by atoms with Crippen LogP contribution in [0.25, 0.3) is 0 Å². The molecule has 3 rings (SSSR count). The smallest absolute Gasteiger partial charge is 0.173 e. The highest BCUT2D eigenvalue weighted by molar-refractivity contribution is 7.80. The molecule has 0 fully saturated rings. The Kier molecular flexibility index (Phi) is 6.63. The predicted molar refractivity (Wildman–Crippen MR) is 118 cm³/mol. The number of nitrogens with one attached hydrogen (secondary N) is 1. The molecule has 4 nitrogen and oxygen atoms in total. The molecule has 0 radical (unpaired) electrons. The number of para-hydroxylation sites is 1. The minimum absolute atomic E-state index is 0.178. The molecule has 2 N–H and O–H groups in total. The number of benzene rings is 3. The Bertz CT molecular complexity index is 885. The van der Waals surface area contributed by atoms with E-state index in [9.17, 15) is 5.11 Å². The quantitative estimate of drug-likeness (QED) is 0.563. The van der Waals surface area contributed by atoms with Gasteiger partial charge < -0.3 is 20.1 Å². The second-order valence-corrected chi connectivity index (χ2v) is 6.96. The maximum Gasteiger partial charge on any atom is 0.173 e. The van der Waals surface area contributed by atoms with Crippen LogP contribution in [0.3, 0.4) is 0 Å². The first kappa shape index (κ1) is 19.9. The molecule has 144 valence electrons. The summed E-state index contributed by atoms with van der Waals surface area (Å²) in [5.74, 6) is 1.55. The summed E-state index contributed by atoms with van der Waals surface area (Å²) < 4.78 is 5.80. The molecule has 0 unspecified atom stereocenters. The third-order valence-corrected chi connectivity index (χ3v) is 5.00. The van der Waals surface area contributed by atoms with Gasteiger partial charge in [-0.3, -0.25) is 0 Å². The highest BCUT2D eigenvalue weighted by atomic mass is 32.1. The monoisotopic (exact) mass is 392 g/mol. The first-order chi connectivity index (χ1) is 13.5. The number of aliphatic hydroxyl groups excluding tert-OH is 1. The molecule has 0 saturated heterocycles. The number of anilines is 1. The molecule has 0 saturated carbocycles. The van der Waals surface area contributed by atoms with Gasteiger partial charge in [-0.15, -0.1) is 0 Å². The predicted octanol–water partition coefficient (Wildman–Crippen LogP) is 5.23. The Hall–Kier alpha value is -2.89. The average Bonchev–Trinajstić information content (AvgIpc) is 2.75. The molecule has 0 aliphatic heterocycles. The van der Waals surface area contributed by atoms with Gasteiger partial charge in [0, 0.05) is 12.7 Å². The summed E-state index contributed by atoms with van der Waals surface area (Å²) in [6.07, 6.45) is -0.632. The van der Waals surface area contributed by atoms with Crippen molar-refractivity contribution in [1.82, 2.24) is 4.90 Å². The van der Waals surface area contributed by atoms with E-state index >= 15 is 0 Å². The van der Waals surface area contributed by atoms with E-state index in [0.29, 0.717) is 5.11 Å². The van der Waals surface area contributed by atoms with Crippen LogP contribution < -0.4 is 10.1 Å². The first-order valence-electron chi connectivity index (χ1n) is 9.14. The van der Waals surface area contributed by atoms with E-state index in [4.69, 9.17) is 17.0 Å². The summed E-state index contributed by atoms with van der Waals surface area (Å²) in [7, 11) is 1.87. The number of hydrogen-bond donors (Lipinski definition) is 2. The maximum atomic E-state index is 10.6. The van der Waals surface area contributed by atoms with Gasteiger partial charge in [-0.05, 0) is 61.1 Å². The number of aliphatic hydroxyl groups is 1. The lowest BCUT2D eigenvalue weighted by molar-refractivity contribution is 0.104. The van der Waals surface area contributed by atoms with Crippen molar-refractivity contribution >= 4 is 23.0 Å². The van der Waals surface area contributed by atoms with Crippen LogP contribution in [-0.4, -0.2) is 28.2 Å². The third-order valence-electron chi connectivity index (χ3n) is 4.61. The van der Waals surface area contributed by atoms with Gasteiger partial charge in [0.25, 0.3) is 0 Å². The lowest BCUT2D eigenvalue weighted by Crippen LogP contribution is -2.41. The van der Waals surface area contributed by atoms with Crippen LogP contribution in [0.15, 0.2) is 84.9 Å². The molecule has 28 heavy (non-hydrogen) atoms. The zero-order valence-corrected chi connectivity index (χ0v) is 16.8. The summed E-state index contributed by atoms with van der Waals surface area (Å²) >= 11 is 5.51. The van der Waals surface area contributed by atoms with Gasteiger partial charge in [-0.1, -0.05) is 48.5 Å². The summed E-state index contributed by atoms with van der Waals surface area (Å²) in [6.45, 7) is 1.95. The number of nitrogens with zero attached hydrogens (tertiary/aromatic N) is 1. The lowest BCUT2D eigenvalue weighted by atomic mass is 10.0. The SMILES string of the molecule is C[C@H]([C@@H](O)c1ccccc1)N(C)C(=S)Nc1ccc(Oc2ccccc2)cc1. The molecule has 0 bridgehead atoms. The van der Waals surface area contributed by atoms with Gasteiger partial charge in [0.05, 0.1) is 12.1 Å². The molecule has 0 aromatic heterocycles. The van der Waals surface area contributed by atoms with Crippen molar-refractivity contribution < 1.29 is 9.84 Å². The van der Waals surface area contributed by atoms with E-state index in [2.05, 4.69) is 5.32 Å². The van der Waals surface area contributed by atoms with Crippen LogP contribution in [0.5, 0.6) is 11.5 Å². The Labute approximate surface area is 171 Å². The normalized spacial score (nSPS) is 12.7. The molecule has 0 aliphatic rings. The molecule has 0 spiro atoms.